The van der Waals surface area contributed by atoms with Gasteiger partial charge in [0.05, 0.1) is 12.3 Å². The summed E-state index contributed by atoms with van der Waals surface area (Å²) in [5.74, 6) is -3.35. The Morgan fingerprint density at radius 3 is 2.38 bits per heavy atom. The molecule has 0 unspecified atom stereocenters. The summed E-state index contributed by atoms with van der Waals surface area (Å²) >= 11 is 16.2. The first-order valence-electron chi connectivity index (χ1n) is 3.29. The van der Waals surface area contributed by atoms with Gasteiger partial charge in [-0.25, -0.2) is 0 Å². The van der Waals surface area contributed by atoms with Gasteiger partial charge in [-0.2, -0.15) is 0 Å². The summed E-state index contributed by atoms with van der Waals surface area (Å²) in [7, 11) is 0. The van der Waals surface area contributed by atoms with Crippen molar-refractivity contribution in [2.24, 2.45) is 5.92 Å². The van der Waals surface area contributed by atoms with E-state index in [4.69, 9.17) is 34.8 Å². The lowest BCUT2D eigenvalue weighted by Crippen LogP contribution is -2.41. The van der Waals surface area contributed by atoms with E-state index < -0.39 is 27.8 Å². The molecule has 0 aromatic rings. The molecule has 1 aliphatic heterocycles. The monoisotopic (exact) mass is 245 g/mol. The Morgan fingerprint density at radius 1 is 1.54 bits per heavy atom. The lowest BCUT2D eigenvalue weighted by atomic mass is 10.0. The van der Waals surface area contributed by atoms with E-state index in [0.29, 0.717) is 0 Å². The number of hydrogen-bond donors (Lipinski definition) is 0. The number of esters is 1. The zero-order valence-corrected chi connectivity index (χ0v) is 8.40. The van der Waals surface area contributed by atoms with Crippen LogP contribution in [0.1, 0.15) is 6.42 Å². The highest BCUT2D eigenvalue weighted by Crippen LogP contribution is 2.40. The minimum atomic E-state index is -1.93. The van der Waals surface area contributed by atoms with Gasteiger partial charge in [-0.1, -0.05) is 34.8 Å². The molecule has 0 radical (unpaired) electrons. The fourth-order valence-electron chi connectivity index (χ4n) is 1.06. The number of ether oxygens (including phenoxy) is 1. The molecule has 0 aromatic heterocycles. The Labute approximate surface area is 88.7 Å². The Kier molecular flexibility index (Phi) is 2.95. The van der Waals surface area contributed by atoms with E-state index in [1.807, 2.05) is 0 Å². The van der Waals surface area contributed by atoms with Crippen LogP contribution in [0.2, 0.25) is 0 Å². The molecule has 0 aromatic carbocycles. The number of cyclic esters (lactones) is 1. The fourth-order valence-corrected chi connectivity index (χ4v) is 1.65. The third-order valence-electron chi connectivity index (χ3n) is 1.64. The Morgan fingerprint density at radius 2 is 2.08 bits per heavy atom. The van der Waals surface area contributed by atoms with Gasteiger partial charge in [0.2, 0.25) is 3.79 Å². The number of carboxylic acids is 1. The van der Waals surface area contributed by atoms with Gasteiger partial charge in [-0.3, -0.25) is 4.79 Å². The SMILES string of the molecule is O=C1C[C@H](C(=O)[O-])[C@@H](C(Cl)(Cl)Cl)O1. The van der Waals surface area contributed by atoms with Crippen LogP contribution in [0.4, 0.5) is 0 Å². The van der Waals surface area contributed by atoms with E-state index >= 15 is 0 Å². The minimum Gasteiger partial charge on any atom is -0.550 e. The summed E-state index contributed by atoms with van der Waals surface area (Å²) < 4.78 is 2.61. The summed E-state index contributed by atoms with van der Waals surface area (Å²) in [6, 6.07) is 0. The summed E-state index contributed by atoms with van der Waals surface area (Å²) in [4.78, 5) is 21.2. The lowest BCUT2D eigenvalue weighted by Gasteiger charge is -2.24. The standard InChI is InChI=1S/C6H5Cl3O4/c7-6(8,9)4-2(5(11)12)1-3(10)13-4/h2,4H,1H2,(H,11,12)/p-1/t2-,4-/m0/s1. The molecule has 0 aliphatic carbocycles. The maximum absolute atomic E-state index is 10.7. The van der Waals surface area contributed by atoms with Crippen molar-refractivity contribution >= 4 is 46.7 Å². The van der Waals surface area contributed by atoms with Crippen LogP contribution in [0.3, 0.4) is 0 Å². The molecule has 1 rings (SSSR count). The number of alkyl halides is 3. The second kappa shape index (κ2) is 3.52. The molecule has 7 heteroatoms. The summed E-state index contributed by atoms with van der Waals surface area (Å²) in [6.07, 6.45) is -1.59. The van der Waals surface area contributed by atoms with Crippen molar-refractivity contribution in [2.45, 2.75) is 16.3 Å². The lowest BCUT2D eigenvalue weighted by molar-refractivity contribution is -0.312. The van der Waals surface area contributed by atoms with Gasteiger partial charge in [-0.05, 0) is 0 Å². The third kappa shape index (κ3) is 2.39. The molecular formula is C6H4Cl3O4-. The van der Waals surface area contributed by atoms with Crippen LogP contribution < -0.4 is 5.11 Å². The molecule has 1 aliphatic rings. The zero-order chi connectivity index (χ0) is 10.2. The molecule has 2 atom stereocenters. The summed E-state index contributed by atoms with van der Waals surface area (Å²) in [5, 5.41) is 10.5. The van der Waals surface area contributed by atoms with Crippen molar-refractivity contribution in [1.29, 1.82) is 0 Å². The first-order chi connectivity index (χ1) is 5.82. The van der Waals surface area contributed by atoms with E-state index in [9.17, 15) is 14.7 Å². The predicted octanol–water partition coefficient (Wildman–Crippen LogP) is 0.0382. The van der Waals surface area contributed by atoms with E-state index in [2.05, 4.69) is 4.74 Å². The maximum atomic E-state index is 10.7. The highest BCUT2D eigenvalue weighted by Gasteiger charge is 2.47. The Hall–Kier alpha value is -0.190. The molecule has 1 fully saturated rings. The molecule has 1 saturated heterocycles. The number of aliphatic carboxylic acids is 1. The molecule has 13 heavy (non-hydrogen) atoms. The fraction of sp³-hybridized carbons (Fsp3) is 0.667. The average molecular weight is 246 g/mol. The van der Waals surface area contributed by atoms with Crippen molar-refractivity contribution < 1.29 is 19.4 Å². The highest BCUT2D eigenvalue weighted by atomic mass is 35.6. The molecule has 0 saturated carbocycles. The van der Waals surface area contributed by atoms with Crippen LogP contribution in [0, 0.1) is 5.92 Å². The first-order valence-corrected chi connectivity index (χ1v) is 4.43. The van der Waals surface area contributed by atoms with Crippen molar-refractivity contribution in [3.63, 3.8) is 0 Å². The van der Waals surface area contributed by atoms with Gasteiger partial charge in [0, 0.05) is 5.97 Å². The van der Waals surface area contributed by atoms with Crippen LogP contribution in [0.15, 0.2) is 0 Å². The van der Waals surface area contributed by atoms with E-state index in [1.54, 1.807) is 0 Å². The molecule has 0 amide bonds. The van der Waals surface area contributed by atoms with Crippen LogP contribution >= 0.6 is 34.8 Å². The van der Waals surface area contributed by atoms with Crippen molar-refractivity contribution in [2.75, 3.05) is 0 Å². The molecule has 1 heterocycles. The smallest absolute Gasteiger partial charge is 0.307 e. The molecule has 74 valence electrons. The first kappa shape index (κ1) is 10.9. The number of rotatable bonds is 1. The molecule has 4 nitrogen and oxygen atoms in total. The topological polar surface area (TPSA) is 66.4 Å². The largest absolute Gasteiger partial charge is 0.550 e. The van der Waals surface area contributed by atoms with E-state index in [1.165, 1.54) is 0 Å². The summed E-state index contributed by atoms with van der Waals surface area (Å²) in [5.41, 5.74) is 0. The van der Waals surface area contributed by atoms with E-state index in [0.717, 1.165) is 0 Å². The van der Waals surface area contributed by atoms with Crippen molar-refractivity contribution in [1.82, 2.24) is 0 Å². The Bertz CT molecular complexity index is 247. The number of carbonyl (C=O) groups is 2. The van der Waals surface area contributed by atoms with Gasteiger partial charge in [0.15, 0.2) is 6.10 Å². The van der Waals surface area contributed by atoms with Crippen LogP contribution in [-0.2, 0) is 14.3 Å². The third-order valence-corrected chi connectivity index (χ3v) is 2.28. The number of hydrogen-bond acceptors (Lipinski definition) is 4. The number of carbonyl (C=O) groups excluding carboxylic acids is 2. The van der Waals surface area contributed by atoms with Crippen molar-refractivity contribution in [3.8, 4) is 0 Å². The predicted molar refractivity (Wildman–Crippen MR) is 43.3 cm³/mol. The van der Waals surface area contributed by atoms with E-state index in [-0.39, 0.29) is 6.42 Å². The maximum Gasteiger partial charge on any atom is 0.307 e. The Balaban J connectivity index is 2.84. The second-order valence-corrected chi connectivity index (χ2v) is 4.95. The van der Waals surface area contributed by atoms with Crippen LogP contribution in [0.5, 0.6) is 0 Å². The van der Waals surface area contributed by atoms with Crippen molar-refractivity contribution in [3.05, 3.63) is 0 Å². The van der Waals surface area contributed by atoms with Crippen LogP contribution in [0.25, 0.3) is 0 Å². The number of halogens is 3. The second-order valence-electron chi connectivity index (χ2n) is 2.58. The normalized spacial score (nSPS) is 28.7. The average Bonchev–Trinajstić information content (AvgIpc) is 2.29. The molecule has 0 spiro atoms. The zero-order valence-electron chi connectivity index (χ0n) is 6.13. The van der Waals surface area contributed by atoms with Gasteiger partial charge in [0.25, 0.3) is 0 Å². The summed E-state index contributed by atoms with van der Waals surface area (Å²) in [6.45, 7) is 0. The van der Waals surface area contributed by atoms with Gasteiger partial charge in [0.1, 0.15) is 0 Å². The van der Waals surface area contributed by atoms with Gasteiger partial charge in [-0.15, -0.1) is 0 Å². The number of carboxylic acid groups (broad SMARTS) is 1. The quantitative estimate of drug-likeness (QED) is 0.484. The molecular weight excluding hydrogens is 242 g/mol. The van der Waals surface area contributed by atoms with Gasteiger partial charge >= 0.3 is 5.97 Å². The van der Waals surface area contributed by atoms with Crippen LogP contribution in [-0.4, -0.2) is 21.8 Å². The minimum absolute atomic E-state index is 0.319. The molecule has 0 bridgehead atoms. The molecule has 0 N–H and O–H groups in total. The van der Waals surface area contributed by atoms with Gasteiger partial charge < -0.3 is 14.6 Å². The highest BCUT2D eigenvalue weighted by molar-refractivity contribution is 6.68.